The smallest absolute Gasteiger partial charge is 0.317 e. The fraction of sp³-hybridized carbons (Fsp3) is 0.545. The summed E-state index contributed by atoms with van der Waals surface area (Å²) in [4.78, 5) is 14.2. The molecule has 96 valence electrons. The van der Waals surface area contributed by atoms with Gasteiger partial charge in [-0.3, -0.25) is 0 Å². The first-order valence-corrected chi connectivity index (χ1v) is 6.54. The molecule has 0 aromatic carbocycles. The van der Waals surface area contributed by atoms with Crippen LogP contribution in [0, 0.1) is 0 Å². The predicted octanol–water partition coefficient (Wildman–Crippen LogP) is 2.48. The monoisotopic (exact) mass is 276 g/mol. The zero-order valence-electron chi connectivity index (χ0n) is 10.1. The van der Waals surface area contributed by atoms with E-state index in [4.69, 9.17) is 11.6 Å². The number of hydrogen-bond donors (Lipinski definition) is 2. The molecule has 0 saturated heterocycles. The Balaban J connectivity index is 2.51. The molecule has 2 unspecified atom stereocenters. The molecule has 1 aromatic heterocycles. The minimum absolute atomic E-state index is 0.0866. The van der Waals surface area contributed by atoms with Gasteiger partial charge in [0.05, 0.1) is 16.5 Å². The molecule has 0 aliphatic rings. The van der Waals surface area contributed by atoms with Crippen LogP contribution in [0.3, 0.4) is 0 Å². The molecule has 0 spiro atoms. The van der Waals surface area contributed by atoms with Crippen LogP contribution in [0.2, 0.25) is 4.34 Å². The topological polar surface area (TPSA) is 52.6 Å². The second-order valence-corrected chi connectivity index (χ2v) is 5.79. The lowest BCUT2D eigenvalue weighted by Gasteiger charge is -2.21. The van der Waals surface area contributed by atoms with E-state index in [0.29, 0.717) is 10.9 Å². The van der Waals surface area contributed by atoms with Crippen LogP contribution in [0.1, 0.15) is 24.8 Å². The minimum atomic E-state index is -0.530. The highest BCUT2D eigenvalue weighted by atomic mass is 35.5. The molecule has 0 fully saturated rings. The van der Waals surface area contributed by atoms with Crippen LogP contribution in [0.15, 0.2) is 12.1 Å². The van der Waals surface area contributed by atoms with Crippen LogP contribution in [-0.4, -0.2) is 35.7 Å². The summed E-state index contributed by atoms with van der Waals surface area (Å²) in [6.45, 7) is 3.85. The summed E-state index contributed by atoms with van der Waals surface area (Å²) < 4.78 is 0.707. The van der Waals surface area contributed by atoms with Crippen molar-refractivity contribution in [1.29, 1.82) is 0 Å². The number of rotatable bonds is 4. The summed E-state index contributed by atoms with van der Waals surface area (Å²) in [5, 5.41) is 12.0. The van der Waals surface area contributed by atoms with Gasteiger partial charge >= 0.3 is 6.03 Å². The third-order valence-corrected chi connectivity index (χ3v) is 3.66. The highest BCUT2D eigenvalue weighted by Crippen LogP contribution is 2.26. The second kappa shape index (κ2) is 6.23. The minimum Gasteiger partial charge on any atom is -0.392 e. The molecule has 0 aliphatic carbocycles. The molecule has 0 bridgehead atoms. The fourth-order valence-electron chi connectivity index (χ4n) is 1.41. The van der Waals surface area contributed by atoms with Crippen LogP contribution in [-0.2, 0) is 0 Å². The molecule has 0 saturated carbocycles. The molecule has 2 N–H and O–H groups in total. The summed E-state index contributed by atoms with van der Waals surface area (Å²) >= 11 is 7.28. The van der Waals surface area contributed by atoms with E-state index in [1.54, 1.807) is 14.0 Å². The number of likely N-dealkylation sites (N-methyl/N-ethyl adjacent to an activating group) is 1. The average Bonchev–Trinajstić information content (AvgIpc) is 2.63. The van der Waals surface area contributed by atoms with Gasteiger partial charge in [0.25, 0.3) is 0 Å². The second-order valence-electron chi connectivity index (χ2n) is 4.04. The van der Waals surface area contributed by atoms with Crippen molar-refractivity contribution < 1.29 is 9.90 Å². The van der Waals surface area contributed by atoms with Crippen LogP contribution in [0.4, 0.5) is 4.79 Å². The van der Waals surface area contributed by atoms with Crippen molar-refractivity contribution in [1.82, 2.24) is 10.2 Å². The maximum atomic E-state index is 11.7. The van der Waals surface area contributed by atoms with Gasteiger partial charge in [-0.1, -0.05) is 11.6 Å². The number of aliphatic hydroxyl groups is 1. The van der Waals surface area contributed by atoms with Gasteiger partial charge in [-0.25, -0.2) is 4.79 Å². The normalized spacial score (nSPS) is 14.2. The first kappa shape index (κ1) is 14.3. The molecule has 1 aromatic rings. The van der Waals surface area contributed by atoms with E-state index in [2.05, 4.69) is 5.32 Å². The summed E-state index contributed by atoms with van der Waals surface area (Å²) in [7, 11) is 1.65. The fourth-order valence-corrected chi connectivity index (χ4v) is 2.47. The summed E-state index contributed by atoms with van der Waals surface area (Å²) in [6.07, 6.45) is -0.530. The van der Waals surface area contributed by atoms with Crippen molar-refractivity contribution in [3.8, 4) is 0 Å². The molecule has 2 amide bonds. The molecule has 17 heavy (non-hydrogen) atoms. The Hall–Kier alpha value is -0.780. The molecule has 2 atom stereocenters. The molecule has 6 heteroatoms. The van der Waals surface area contributed by atoms with E-state index in [1.807, 2.05) is 19.1 Å². The SMILES string of the molecule is CC(O)CN(C)C(=O)NC(C)c1ccc(Cl)s1. The standard InChI is InChI=1S/C11H17ClN2O2S/c1-7(15)6-14(3)11(16)13-8(2)9-4-5-10(12)17-9/h4-5,7-8,15H,6H2,1-3H3,(H,13,16). The summed E-state index contributed by atoms with van der Waals surface area (Å²) in [5.74, 6) is 0. The lowest BCUT2D eigenvalue weighted by atomic mass is 10.3. The maximum absolute atomic E-state index is 11.7. The Morgan fingerprint density at radius 3 is 2.71 bits per heavy atom. The zero-order valence-corrected chi connectivity index (χ0v) is 11.7. The molecule has 0 radical (unpaired) electrons. The van der Waals surface area contributed by atoms with Gasteiger partial charge in [-0.2, -0.15) is 0 Å². The Morgan fingerprint density at radius 1 is 1.59 bits per heavy atom. The van der Waals surface area contributed by atoms with Crippen molar-refractivity contribution in [2.75, 3.05) is 13.6 Å². The largest absolute Gasteiger partial charge is 0.392 e. The van der Waals surface area contributed by atoms with E-state index in [0.717, 1.165) is 4.88 Å². The van der Waals surface area contributed by atoms with E-state index in [9.17, 15) is 9.90 Å². The van der Waals surface area contributed by atoms with E-state index in [-0.39, 0.29) is 12.1 Å². The van der Waals surface area contributed by atoms with Gasteiger partial charge in [0.2, 0.25) is 0 Å². The van der Waals surface area contributed by atoms with Gasteiger partial charge in [-0.15, -0.1) is 11.3 Å². The zero-order chi connectivity index (χ0) is 13.0. The Morgan fingerprint density at radius 2 is 2.24 bits per heavy atom. The number of carbonyl (C=O) groups is 1. The molecule has 1 heterocycles. The average molecular weight is 277 g/mol. The number of urea groups is 1. The third-order valence-electron chi connectivity index (χ3n) is 2.25. The number of halogens is 1. The maximum Gasteiger partial charge on any atom is 0.317 e. The van der Waals surface area contributed by atoms with Crippen molar-refractivity contribution in [3.63, 3.8) is 0 Å². The number of nitrogens with one attached hydrogen (secondary N) is 1. The number of thiophene rings is 1. The van der Waals surface area contributed by atoms with Crippen molar-refractivity contribution in [3.05, 3.63) is 21.3 Å². The van der Waals surface area contributed by atoms with E-state index < -0.39 is 6.10 Å². The lowest BCUT2D eigenvalue weighted by molar-refractivity contribution is 0.142. The molecular formula is C11H17ClN2O2S. The number of hydrogen-bond acceptors (Lipinski definition) is 3. The van der Waals surface area contributed by atoms with E-state index in [1.165, 1.54) is 16.2 Å². The Labute approximate surface area is 110 Å². The van der Waals surface area contributed by atoms with Crippen molar-refractivity contribution >= 4 is 29.0 Å². The summed E-state index contributed by atoms with van der Waals surface area (Å²) in [5.41, 5.74) is 0. The van der Waals surface area contributed by atoms with Gasteiger partial charge in [-0.05, 0) is 26.0 Å². The summed E-state index contributed by atoms with van der Waals surface area (Å²) in [6, 6.07) is 3.41. The quantitative estimate of drug-likeness (QED) is 0.888. The van der Waals surface area contributed by atoms with Gasteiger partial charge in [0, 0.05) is 18.5 Å². The number of amides is 2. The first-order chi connectivity index (χ1) is 7.90. The molecular weight excluding hydrogens is 260 g/mol. The van der Waals surface area contributed by atoms with Crippen molar-refractivity contribution in [2.24, 2.45) is 0 Å². The lowest BCUT2D eigenvalue weighted by Crippen LogP contribution is -2.41. The van der Waals surface area contributed by atoms with Crippen LogP contribution in [0.5, 0.6) is 0 Å². The van der Waals surface area contributed by atoms with Gasteiger partial charge < -0.3 is 15.3 Å². The van der Waals surface area contributed by atoms with Crippen LogP contribution in [0.25, 0.3) is 0 Å². The van der Waals surface area contributed by atoms with Crippen LogP contribution >= 0.6 is 22.9 Å². The highest BCUT2D eigenvalue weighted by Gasteiger charge is 2.15. The third kappa shape index (κ3) is 4.53. The van der Waals surface area contributed by atoms with E-state index >= 15 is 0 Å². The Bertz CT molecular complexity index is 381. The van der Waals surface area contributed by atoms with Crippen molar-refractivity contribution in [2.45, 2.75) is 26.0 Å². The number of nitrogens with zero attached hydrogens (tertiary/aromatic N) is 1. The predicted molar refractivity (Wildman–Crippen MR) is 70.6 cm³/mol. The molecule has 1 rings (SSSR count). The number of aliphatic hydroxyl groups excluding tert-OH is 1. The van der Waals surface area contributed by atoms with Crippen LogP contribution < -0.4 is 5.32 Å². The van der Waals surface area contributed by atoms with Gasteiger partial charge in [0.15, 0.2) is 0 Å². The Kier molecular flexibility index (Phi) is 5.24. The first-order valence-electron chi connectivity index (χ1n) is 5.35. The van der Waals surface area contributed by atoms with Gasteiger partial charge in [0.1, 0.15) is 0 Å². The molecule has 4 nitrogen and oxygen atoms in total. The number of carbonyl (C=O) groups excluding carboxylic acids is 1. The highest BCUT2D eigenvalue weighted by molar-refractivity contribution is 7.16. The molecule has 0 aliphatic heterocycles.